The lowest BCUT2D eigenvalue weighted by atomic mass is 10.3. The van der Waals surface area contributed by atoms with Crippen molar-refractivity contribution >= 4 is 0 Å². The van der Waals surface area contributed by atoms with Crippen molar-refractivity contribution in [3.05, 3.63) is 0 Å². The van der Waals surface area contributed by atoms with E-state index in [-0.39, 0.29) is 11.0 Å². The van der Waals surface area contributed by atoms with E-state index in [4.69, 9.17) is 0 Å². The molecule has 1 unspecified atom stereocenters. The van der Waals surface area contributed by atoms with Gasteiger partial charge in [-0.15, -0.1) is 0 Å². The number of unbranched alkanes of at least 4 members (excludes halogenated alkanes) is 2. The molecule has 0 amide bonds. The topological polar surface area (TPSA) is 66.2 Å². The van der Waals surface area contributed by atoms with Gasteiger partial charge in [-0.25, -0.2) is 0 Å². The number of likely N-dealkylation sites (tertiary alicyclic amines) is 1. The molecule has 0 aromatic rings. The van der Waals surface area contributed by atoms with Gasteiger partial charge in [-0.3, -0.25) is 0 Å². The summed E-state index contributed by atoms with van der Waals surface area (Å²) in [5.41, 5.74) is 0. The molecule has 1 heterocycles. The summed E-state index contributed by atoms with van der Waals surface area (Å²) in [7, 11) is 2.19. The first kappa shape index (κ1) is 19.5. The van der Waals surface area contributed by atoms with E-state index in [2.05, 4.69) is 32.7 Å². The second kappa shape index (κ2) is 12.9. The Morgan fingerprint density at radius 2 is 1.64 bits per heavy atom. The SMILES string of the molecule is CC1CCCN1C.CCCCC.O.O. The van der Waals surface area contributed by atoms with Crippen molar-refractivity contribution in [2.75, 3.05) is 13.6 Å². The Morgan fingerprint density at radius 1 is 1.14 bits per heavy atom. The van der Waals surface area contributed by atoms with Crippen LogP contribution in [-0.4, -0.2) is 35.5 Å². The highest BCUT2D eigenvalue weighted by Crippen LogP contribution is 2.12. The zero-order valence-corrected chi connectivity index (χ0v) is 10.3. The van der Waals surface area contributed by atoms with E-state index < -0.39 is 0 Å². The summed E-state index contributed by atoms with van der Waals surface area (Å²) in [6.07, 6.45) is 6.88. The minimum absolute atomic E-state index is 0. The average molecular weight is 207 g/mol. The maximum absolute atomic E-state index is 2.40. The predicted molar refractivity (Wildman–Crippen MR) is 63.8 cm³/mol. The molecule has 3 heteroatoms. The van der Waals surface area contributed by atoms with Gasteiger partial charge in [0.15, 0.2) is 0 Å². The van der Waals surface area contributed by atoms with Crippen molar-refractivity contribution < 1.29 is 11.0 Å². The van der Waals surface area contributed by atoms with Gasteiger partial charge >= 0.3 is 0 Å². The van der Waals surface area contributed by atoms with Crippen LogP contribution in [0.3, 0.4) is 0 Å². The van der Waals surface area contributed by atoms with Crippen molar-refractivity contribution in [3.63, 3.8) is 0 Å². The highest BCUT2D eigenvalue weighted by molar-refractivity contribution is 4.70. The molecule has 1 atom stereocenters. The number of hydrogen-bond donors (Lipinski definition) is 0. The van der Waals surface area contributed by atoms with E-state index in [1.165, 1.54) is 38.6 Å². The third-order valence-corrected chi connectivity index (χ3v) is 2.59. The first-order chi connectivity index (χ1) is 5.72. The Labute approximate surface area is 89.1 Å². The lowest BCUT2D eigenvalue weighted by molar-refractivity contribution is 0.331. The lowest BCUT2D eigenvalue weighted by Crippen LogP contribution is -2.20. The van der Waals surface area contributed by atoms with Crippen LogP contribution in [-0.2, 0) is 0 Å². The van der Waals surface area contributed by atoms with E-state index in [1.54, 1.807) is 0 Å². The van der Waals surface area contributed by atoms with Gasteiger partial charge in [0.05, 0.1) is 0 Å². The van der Waals surface area contributed by atoms with E-state index >= 15 is 0 Å². The van der Waals surface area contributed by atoms with Crippen LogP contribution in [0, 0.1) is 0 Å². The predicted octanol–water partition coefficient (Wildman–Crippen LogP) is 1.65. The lowest BCUT2D eigenvalue weighted by Gasteiger charge is -2.12. The first-order valence-electron chi connectivity index (χ1n) is 5.42. The maximum atomic E-state index is 2.40. The van der Waals surface area contributed by atoms with Crippen LogP contribution in [0.15, 0.2) is 0 Å². The zero-order chi connectivity index (χ0) is 9.40. The average Bonchev–Trinajstić information content (AvgIpc) is 2.39. The van der Waals surface area contributed by atoms with E-state index in [0.29, 0.717) is 0 Å². The molecule has 1 saturated heterocycles. The summed E-state index contributed by atoms with van der Waals surface area (Å²) in [6, 6.07) is 0.847. The zero-order valence-electron chi connectivity index (χ0n) is 10.3. The van der Waals surface area contributed by atoms with Crippen molar-refractivity contribution in [3.8, 4) is 0 Å². The molecule has 4 N–H and O–H groups in total. The Balaban J connectivity index is -0.000000159. The fourth-order valence-corrected chi connectivity index (χ4v) is 1.43. The summed E-state index contributed by atoms with van der Waals surface area (Å²) in [5.74, 6) is 0. The first-order valence-corrected chi connectivity index (χ1v) is 5.42. The summed E-state index contributed by atoms with van der Waals surface area (Å²) < 4.78 is 0. The van der Waals surface area contributed by atoms with E-state index in [0.717, 1.165) is 6.04 Å². The molecule has 1 aliphatic rings. The van der Waals surface area contributed by atoms with Gasteiger partial charge in [0.1, 0.15) is 0 Å². The molecule has 90 valence electrons. The molecule has 0 spiro atoms. The van der Waals surface area contributed by atoms with Crippen molar-refractivity contribution in [2.24, 2.45) is 0 Å². The summed E-state index contributed by atoms with van der Waals surface area (Å²) >= 11 is 0. The molecule has 0 aromatic heterocycles. The molecule has 0 aliphatic carbocycles. The fourth-order valence-electron chi connectivity index (χ4n) is 1.43. The molecule has 14 heavy (non-hydrogen) atoms. The Morgan fingerprint density at radius 3 is 1.71 bits per heavy atom. The van der Waals surface area contributed by atoms with Crippen LogP contribution in [0.4, 0.5) is 0 Å². The van der Waals surface area contributed by atoms with Gasteiger partial charge < -0.3 is 15.9 Å². The maximum Gasteiger partial charge on any atom is 0.00643 e. The third-order valence-electron chi connectivity index (χ3n) is 2.59. The standard InChI is InChI=1S/C6H13N.C5H12.2H2O/c1-6-4-3-5-7(6)2;1-3-5-4-2;;/h6H,3-5H2,1-2H3;3-5H2,1-2H3;2*1H2. The summed E-state index contributed by atoms with van der Waals surface area (Å²) in [4.78, 5) is 2.40. The smallest absolute Gasteiger partial charge is 0.00643 e. The van der Waals surface area contributed by atoms with Crippen LogP contribution >= 0.6 is 0 Å². The van der Waals surface area contributed by atoms with Gasteiger partial charge in [0, 0.05) is 6.04 Å². The normalized spacial score (nSPS) is 20.1. The third kappa shape index (κ3) is 9.96. The molecule has 1 rings (SSSR count). The minimum atomic E-state index is 0. The molecule has 0 radical (unpaired) electrons. The summed E-state index contributed by atoms with van der Waals surface area (Å²) in [5, 5.41) is 0. The van der Waals surface area contributed by atoms with Crippen molar-refractivity contribution in [1.82, 2.24) is 4.90 Å². The number of hydrogen-bond acceptors (Lipinski definition) is 1. The Kier molecular flexibility index (Phi) is 17.9. The van der Waals surface area contributed by atoms with Crippen molar-refractivity contribution in [2.45, 2.75) is 58.9 Å². The molecule has 1 aliphatic heterocycles. The van der Waals surface area contributed by atoms with E-state index in [9.17, 15) is 0 Å². The Bertz CT molecular complexity index is 89.3. The number of rotatable bonds is 2. The second-order valence-corrected chi connectivity index (χ2v) is 3.83. The van der Waals surface area contributed by atoms with Crippen LogP contribution in [0.5, 0.6) is 0 Å². The monoisotopic (exact) mass is 207 g/mol. The van der Waals surface area contributed by atoms with E-state index in [1.807, 2.05) is 0 Å². The van der Waals surface area contributed by atoms with Crippen LogP contribution < -0.4 is 0 Å². The largest absolute Gasteiger partial charge is 0.412 e. The van der Waals surface area contributed by atoms with Gasteiger partial charge in [-0.1, -0.05) is 33.1 Å². The highest BCUT2D eigenvalue weighted by atomic mass is 16.0. The van der Waals surface area contributed by atoms with Gasteiger partial charge in [-0.2, -0.15) is 0 Å². The van der Waals surface area contributed by atoms with Crippen LogP contribution in [0.2, 0.25) is 0 Å². The molecule has 0 aromatic carbocycles. The quantitative estimate of drug-likeness (QED) is 0.679. The minimum Gasteiger partial charge on any atom is -0.412 e. The molecular weight excluding hydrogens is 178 g/mol. The molecule has 0 bridgehead atoms. The molecular formula is C11H29NO2. The second-order valence-electron chi connectivity index (χ2n) is 3.83. The molecule has 3 nitrogen and oxygen atoms in total. The van der Waals surface area contributed by atoms with Gasteiger partial charge in [0.25, 0.3) is 0 Å². The summed E-state index contributed by atoms with van der Waals surface area (Å²) in [6.45, 7) is 8.02. The van der Waals surface area contributed by atoms with Crippen LogP contribution in [0.25, 0.3) is 0 Å². The Hall–Kier alpha value is -0.120. The number of nitrogens with zero attached hydrogens (tertiary/aromatic N) is 1. The fraction of sp³-hybridized carbons (Fsp3) is 1.00. The van der Waals surface area contributed by atoms with Crippen molar-refractivity contribution in [1.29, 1.82) is 0 Å². The van der Waals surface area contributed by atoms with Crippen LogP contribution in [0.1, 0.15) is 52.9 Å². The molecule has 0 saturated carbocycles. The molecule has 1 fully saturated rings. The van der Waals surface area contributed by atoms with Gasteiger partial charge in [-0.05, 0) is 33.4 Å². The highest BCUT2D eigenvalue weighted by Gasteiger charge is 2.14. The van der Waals surface area contributed by atoms with Gasteiger partial charge in [0.2, 0.25) is 0 Å².